The van der Waals surface area contributed by atoms with Gasteiger partial charge in [-0.3, -0.25) is 4.79 Å². The van der Waals surface area contributed by atoms with Gasteiger partial charge in [-0.25, -0.2) is 0 Å². The van der Waals surface area contributed by atoms with Gasteiger partial charge in [0.2, 0.25) is 5.91 Å². The summed E-state index contributed by atoms with van der Waals surface area (Å²) in [6.45, 7) is 2.19. The molecule has 0 radical (unpaired) electrons. The number of nitrogens with zero attached hydrogens (tertiary/aromatic N) is 2. The molecule has 0 bridgehead atoms. The van der Waals surface area contributed by atoms with Crippen molar-refractivity contribution in [3.8, 4) is 6.07 Å². The number of nitrogens with one attached hydrogen (secondary N) is 1. The lowest BCUT2D eigenvalue weighted by atomic mass is 10.2. The van der Waals surface area contributed by atoms with Crippen LogP contribution in [0.2, 0.25) is 0 Å². The number of benzene rings is 2. The van der Waals surface area contributed by atoms with Crippen LogP contribution in [0.15, 0.2) is 53.7 Å². The third-order valence-corrected chi connectivity index (χ3v) is 3.17. The Balaban J connectivity index is 1.79. The van der Waals surface area contributed by atoms with Crippen LogP contribution >= 0.6 is 0 Å². The van der Waals surface area contributed by atoms with E-state index < -0.39 is 0 Å². The highest BCUT2D eigenvalue weighted by atomic mass is 16.6. The highest BCUT2D eigenvalue weighted by molar-refractivity contribution is 6.04. The average Bonchev–Trinajstić information content (AvgIpc) is 2.57. The van der Waals surface area contributed by atoms with Gasteiger partial charge in [-0.2, -0.15) is 5.26 Å². The number of hydrogen-bond acceptors (Lipinski definition) is 4. The molecule has 6 nitrogen and oxygen atoms in total. The zero-order valence-corrected chi connectivity index (χ0v) is 13.3. The number of amides is 1. The highest BCUT2D eigenvalue weighted by Crippen LogP contribution is 2.09. The summed E-state index contributed by atoms with van der Waals surface area (Å²) >= 11 is 0. The Morgan fingerprint density at radius 1 is 1.21 bits per heavy atom. The number of amidine groups is 1. The summed E-state index contributed by atoms with van der Waals surface area (Å²) in [5.74, 6) is -0.171. The lowest BCUT2D eigenvalue weighted by Crippen LogP contribution is -2.22. The molecule has 24 heavy (non-hydrogen) atoms. The molecular formula is C18H18N4O2. The molecule has 0 saturated carbocycles. The van der Waals surface area contributed by atoms with E-state index >= 15 is 0 Å². The quantitative estimate of drug-likeness (QED) is 0.485. The van der Waals surface area contributed by atoms with E-state index in [2.05, 4.69) is 10.5 Å². The molecule has 0 fully saturated rings. The second kappa shape index (κ2) is 8.34. The molecule has 0 unspecified atom stereocenters. The molecule has 0 aliphatic heterocycles. The van der Waals surface area contributed by atoms with Crippen molar-refractivity contribution in [3.63, 3.8) is 0 Å². The number of nitriles is 1. The number of carbonyl (C=O) groups is 1. The number of nitrogens with two attached hydrogens (primary N) is 1. The zero-order chi connectivity index (χ0) is 17.4. The molecule has 0 aliphatic carbocycles. The summed E-state index contributed by atoms with van der Waals surface area (Å²) in [5, 5.41) is 15.2. The molecule has 0 heterocycles. The number of anilines is 1. The third kappa shape index (κ3) is 5.46. The molecule has 1 amide bonds. The van der Waals surface area contributed by atoms with Crippen LogP contribution in [-0.4, -0.2) is 11.7 Å². The Kier molecular flexibility index (Phi) is 5.92. The van der Waals surface area contributed by atoms with Gasteiger partial charge >= 0.3 is 0 Å². The van der Waals surface area contributed by atoms with Gasteiger partial charge in [0.1, 0.15) is 12.4 Å². The summed E-state index contributed by atoms with van der Waals surface area (Å²) in [6.07, 6.45) is -0.0543. The Labute approximate surface area is 140 Å². The smallest absolute Gasteiger partial charge is 0.232 e. The van der Waals surface area contributed by atoms with Gasteiger partial charge in [0.15, 0.2) is 0 Å². The largest absolute Gasteiger partial charge is 0.390 e. The molecule has 3 N–H and O–H groups in total. The van der Waals surface area contributed by atoms with E-state index in [-0.39, 0.29) is 24.8 Å². The number of aryl methyl sites for hydroxylation is 1. The highest BCUT2D eigenvalue weighted by Gasteiger charge is 2.06. The van der Waals surface area contributed by atoms with E-state index in [4.69, 9.17) is 15.8 Å². The Morgan fingerprint density at radius 3 is 2.50 bits per heavy atom. The van der Waals surface area contributed by atoms with Crippen molar-refractivity contribution < 1.29 is 9.63 Å². The molecule has 6 heteroatoms. The maximum Gasteiger partial charge on any atom is 0.232 e. The molecule has 2 aromatic rings. The van der Waals surface area contributed by atoms with Crippen LogP contribution < -0.4 is 11.1 Å². The van der Waals surface area contributed by atoms with Crippen molar-refractivity contribution >= 4 is 17.4 Å². The molecule has 0 saturated heterocycles. The molecule has 0 aliphatic rings. The van der Waals surface area contributed by atoms with Crippen molar-refractivity contribution in [1.82, 2.24) is 0 Å². The normalized spacial score (nSPS) is 10.8. The maximum absolute atomic E-state index is 11.9. The molecule has 0 spiro atoms. The summed E-state index contributed by atoms with van der Waals surface area (Å²) in [7, 11) is 0. The van der Waals surface area contributed by atoms with Crippen LogP contribution in [0.4, 0.5) is 5.69 Å². The van der Waals surface area contributed by atoms with Gasteiger partial charge in [0.05, 0.1) is 18.1 Å². The standard InChI is InChI=1S/C18H18N4O2/c1-13-2-8-16(9-3-13)21-18(23)10-17(20)22-24-12-15-6-4-14(11-19)5-7-15/h2-9H,10,12H2,1H3,(H2,20,22)(H,21,23). The van der Waals surface area contributed by atoms with Crippen molar-refractivity contribution in [3.05, 3.63) is 65.2 Å². The van der Waals surface area contributed by atoms with Crippen LogP contribution in [0.1, 0.15) is 23.1 Å². The van der Waals surface area contributed by atoms with Crippen molar-refractivity contribution in [2.24, 2.45) is 10.9 Å². The second-order valence-electron chi connectivity index (χ2n) is 5.26. The zero-order valence-electron chi connectivity index (χ0n) is 13.3. The fourth-order valence-electron chi connectivity index (χ4n) is 1.90. The summed E-state index contributed by atoms with van der Waals surface area (Å²) in [4.78, 5) is 17.0. The van der Waals surface area contributed by atoms with E-state index in [0.29, 0.717) is 11.3 Å². The number of oxime groups is 1. The lowest BCUT2D eigenvalue weighted by Gasteiger charge is -2.05. The minimum atomic E-state index is -0.262. The van der Waals surface area contributed by atoms with Crippen LogP contribution in [0.25, 0.3) is 0 Å². The average molecular weight is 322 g/mol. The minimum Gasteiger partial charge on any atom is -0.390 e. The first-order valence-electron chi connectivity index (χ1n) is 7.36. The predicted molar refractivity (Wildman–Crippen MR) is 92.0 cm³/mol. The summed E-state index contributed by atoms with van der Waals surface area (Å²) in [6, 6.07) is 16.4. The van der Waals surface area contributed by atoms with Gasteiger partial charge in [-0.05, 0) is 36.8 Å². The van der Waals surface area contributed by atoms with Crippen LogP contribution in [0.3, 0.4) is 0 Å². The number of hydrogen-bond donors (Lipinski definition) is 2. The Bertz CT molecular complexity index is 759. The van der Waals surface area contributed by atoms with Gasteiger partial charge in [0.25, 0.3) is 0 Å². The van der Waals surface area contributed by atoms with Crippen molar-refractivity contribution in [2.45, 2.75) is 20.0 Å². The van der Waals surface area contributed by atoms with Gasteiger partial charge in [-0.1, -0.05) is 35.0 Å². The van der Waals surface area contributed by atoms with E-state index in [0.717, 1.165) is 11.1 Å². The lowest BCUT2D eigenvalue weighted by molar-refractivity contribution is -0.115. The first-order valence-corrected chi connectivity index (χ1v) is 7.36. The molecule has 0 aromatic heterocycles. The van der Waals surface area contributed by atoms with Crippen LogP contribution in [0.5, 0.6) is 0 Å². The molecule has 2 rings (SSSR count). The molecular weight excluding hydrogens is 304 g/mol. The SMILES string of the molecule is Cc1ccc(NC(=O)C/C(N)=N/OCc2ccc(C#N)cc2)cc1. The first-order chi connectivity index (χ1) is 11.6. The first kappa shape index (κ1) is 17.0. The monoisotopic (exact) mass is 322 g/mol. The van der Waals surface area contributed by atoms with E-state index in [1.54, 1.807) is 24.3 Å². The number of rotatable bonds is 6. The Morgan fingerprint density at radius 2 is 1.88 bits per heavy atom. The maximum atomic E-state index is 11.9. The number of carbonyl (C=O) groups excluding carboxylic acids is 1. The Hall–Kier alpha value is -3.33. The molecule has 122 valence electrons. The van der Waals surface area contributed by atoms with Gasteiger partial charge < -0.3 is 15.9 Å². The van der Waals surface area contributed by atoms with Crippen LogP contribution in [0, 0.1) is 18.3 Å². The second-order valence-corrected chi connectivity index (χ2v) is 5.26. The fraction of sp³-hybridized carbons (Fsp3) is 0.167. The molecule has 2 aromatic carbocycles. The van der Waals surface area contributed by atoms with Gasteiger partial charge in [0, 0.05) is 5.69 Å². The molecule has 0 atom stereocenters. The van der Waals surface area contributed by atoms with E-state index in [1.807, 2.05) is 37.3 Å². The predicted octanol–water partition coefficient (Wildman–Crippen LogP) is 2.68. The van der Waals surface area contributed by atoms with Crippen molar-refractivity contribution in [1.29, 1.82) is 5.26 Å². The van der Waals surface area contributed by atoms with E-state index in [9.17, 15) is 4.79 Å². The van der Waals surface area contributed by atoms with Crippen molar-refractivity contribution in [2.75, 3.05) is 5.32 Å². The topological polar surface area (TPSA) is 100 Å². The minimum absolute atomic E-state index is 0.0543. The summed E-state index contributed by atoms with van der Waals surface area (Å²) in [5.41, 5.74) is 8.94. The van der Waals surface area contributed by atoms with Crippen LogP contribution in [-0.2, 0) is 16.2 Å². The third-order valence-electron chi connectivity index (χ3n) is 3.17. The fourth-order valence-corrected chi connectivity index (χ4v) is 1.90. The van der Waals surface area contributed by atoms with Gasteiger partial charge in [-0.15, -0.1) is 0 Å². The summed E-state index contributed by atoms with van der Waals surface area (Å²) < 4.78 is 0. The van der Waals surface area contributed by atoms with E-state index in [1.165, 1.54) is 0 Å².